The van der Waals surface area contributed by atoms with Crippen LogP contribution in [0.2, 0.25) is 0 Å². The van der Waals surface area contributed by atoms with Crippen LogP contribution in [0, 0.1) is 5.92 Å². The summed E-state index contributed by atoms with van der Waals surface area (Å²) in [6, 6.07) is -0.858. The van der Waals surface area contributed by atoms with E-state index in [0.717, 1.165) is 0 Å². The van der Waals surface area contributed by atoms with E-state index in [0.29, 0.717) is 6.61 Å². The fourth-order valence-electron chi connectivity index (χ4n) is 2.59. The van der Waals surface area contributed by atoms with Crippen molar-refractivity contribution in [3.63, 3.8) is 0 Å². The van der Waals surface area contributed by atoms with Gasteiger partial charge in [-0.15, -0.1) is 0 Å². The largest absolute Gasteiger partial charge is 0.444 e. The van der Waals surface area contributed by atoms with Gasteiger partial charge < -0.3 is 14.8 Å². The quantitative estimate of drug-likeness (QED) is 0.791. The van der Waals surface area contributed by atoms with Crippen molar-refractivity contribution in [3.8, 4) is 0 Å². The van der Waals surface area contributed by atoms with Crippen molar-refractivity contribution >= 4 is 11.9 Å². The number of halogens is 2. The monoisotopic (exact) mass is 319 g/mol. The van der Waals surface area contributed by atoms with Crippen molar-refractivity contribution in [2.24, 2.45) is 5.92 Å². The molecule has 0 radical (unpaired) electrons. The minimum atomic E-state index is -2.65. The SMILES string of the molecule is CC(C)(C)OC(=O)N[C@@H](CC1CC(F)(F)C1)C(=O)[C@@]1(C)CO1. The molecule has 1 saturated heterocycles. The predicted molar refractivity (Wildman–Crippen MR) is 74.8 cm³/mol. The Kier molecular flexibility index (Phi) is 4.23. The summed E-state index contributed by atoms with van der Waals surface area (Å²) >= 11 is 0. The number of nitrogens with one attached hydrogen (secondary N) is 1. The topological polar surface area (TPSA) is 67.9 Å². The number of ether oxygens (including phenoxy) is 2. The minimum Gasteiger partial charge on any atom is -0.444 e. The van der Waals surface area contributed by atoms with E-state index in [-0.39, 0.29) is 31.0 Å². The van der Waals surface area contributed by atoms with Crippen molar-refractivity contribution in [1.82, 2.24) is 5.32 Å². The Morgan fingerprint density at radius 3 is 2.32 bits per heavy atom. The Labute approximate surface area is 128 Å². The van der Waals surface area contributed by atoms with Gasteiger partial charge in [0.15, 0.2) is 5.78 Å². The maximum absolute atomic E-state index is 12.9. The molecule has 1 aliphatic carbocycles. The molecule has 2 atom stereocenters. The molecule has 1 amide bonds. The zero-order chi connectivity index (χ0) is 16.8. The lowest BCUT2D eigenvalue weighted by Gasteiger charge is -2.37. The molecule has 0 unspecified atom stereocenters. The molecule has 7 heteroatoms. The molecule has 0 aromatic carbocycles. The first-order valence-electron chi connectivity index (χ1n) is 7.46. The maximum atomic E-state index is 12.9. The molecular formula is C15H23F2NO4. The summed E-state index contributed by atoms with van der Waals surface area (Å²) in [5, 5.41) is 2.51. The van der Waals surface area contributed by atoms with Gasteiger partial charge in [0.25, 0.3) is 0 Å². The number of hydrogen-bond acceptors (Lipinski definition) is 4. The molecule has 5 nitrogen and oxygen atoms in total. The number of rotatable bonds is 5. The Balaban J connectivity index is 1.96. The molecule has 2 rings (SSSR count). The average Bonchev–Trinajstić information content (AvgIpc) is 3.01. The van der Waals surface area contributed by atoms with Crippen LogP contribution in [-0.2, 0) is 14.3 Å². The number of carbonyl (C=O) groups excluding carboxylic acids is 2. The number of ketones is 1. The summed E-state index contributed by atoms with van der Waals surface area (Å²) < 4.78 is 36.1. The summed E-state index contributed by atoms with van der Waals surface area (Å²) in [7, 11) is 0. The van der Waals surface area contributed by atoms with Crippen molar-refractivity contribution in [1.29, 1.82) is 0 Å². The first-order valence-corrected chi connectivity index (χ1v) is 7.46. The lowest BCUT2D eigenvalue weighted by Crippen LogP contribution is -2.50. The summed E-state index contributed by atoms with van der Waals surface area (Å²) in [5.74, 6) is -3.21. The number of alkyl carbamates (subject to hydrolysis) is 1. The Morgan fingerprint density at radius 1 is 1.36 bits per heavy atom. The van der Waals surface area contributed by atoms with Crippen LogP contribution in [0.3, 0.4) is 0 Å². The third-order valence-corrected chi connectivity index (χ3v) is 3.85. The summed E-state index contributed by atoms with van der Waals surface area (Å²) in [6.07, 6.45) is -1.03. The van der Waals surface area contributed by atoms with E-state index in [1.165, 1.54) is 0 Å². The summed E-state index contributed by atoms with van der Waals surface area (Å²) in [4.78, 5) is 24.2. The van der Waals surface area contributed by atoms with Gasteiger partial charge in [0.1, 0.15) is 11.2 Å². The second kappa shape index (κ2) is 5.44. The smallest absolute Gasteiger partial charge is 0.408 e. The molecular weight excluding hydrogens is 296 g/mol. The van der Waals surface area contributed by atoms with Crippen LogP contribution in [0.25, 0.3) is 0 Å². The first-order chi connectivity index (χ1) is 9.90. The van der Waals surface area contributed by atoms with Gasteiger partial charge in [0.2, 0.25) is 5.92 Å². The number of amides is 1. The van der Waals surface area contributed by atoms with Crippen molar-refractivity contribution in [2.75, 3.05) is 6.61 Å². The average molecular weight is 319 g/mol. The van der Waals surface area contributed by atoms with Crippen molar-refractivity contribution < 1.29 is 27.8 Å². The van der Waals surface area contributed by atoms with Crippen molar-refractivity contribution in [2.45, 2.75) is 70.1 Å². The van der Waals surface area contributed by atoms with Gasteiger partial charge in [-0.1, -0.05) is 0 Å². The number of epoxide rings is 1. The van der Waals surface area contributed by atoms with E-state index in [1.54, 1.807) is 27.7 Å². The molecule has 2 aliphatic rings. The van der Waals surface area contributed by atoms with Crippen LogP contribution in [-0.4, -0.2) is 41.6 Å². The van der Waals surface area contributed by atoms with Gasteiger partial charge in [0.05, 0.1) is 12.6 Å². The summed E-state index contributed by atoms with van der Waals surface area (Å²) in [6.45, 7) is 7.05. The van der Waals surface area contributed by atoms with Gasteiger partial charge in [-0.25, -0.2) is 13.6 Å². The van der Waals surface area contributed by atoms with Crippen LogP contribution in [0.4, 0.5) is 13.6 Å². The van der Waals surface area contributed by atoms with E-state index < -0.39 is 29.3 Å². The van der Waals surface area contributed by atoms with E-state index in [9.17, 15) is 18.4 Å². The predicted octanol–water partition coefficient (Wildman–Crippen LogP) is 2.67. The number of carbonyl (C=O) groups is 2. The molecule has 2 fully saturated rings. The maximum Gasteiger partial charge on any atom is 0.408 e. The highest BCUT2D eigenvalue weighted by molar-refractivity contribution is 5.95. The third-order valence-electron chi connectivity index (χ3n) is 3.85. The Bertz CT molecular complexity index is 461. The van der Waals surface area contributed by atoms with Crippen LogP contribution in [0.1, 0.15) is 47.0 Å². The zero-order valence-electron chi connectivity index (χ0n) is 13.4. The molecule has 1 N–H and O–H groups in total. The van der Waals surface area contributed by atoms with E-state index >= 15 is 0 Å². The molecule has 1 saturated carbocycles. The zero-order valence-corrected chi connectivity index (χ0v) is 13.4. The molecule has 0 bridgehead atoms. The van der Waals surface area contributed by atoms with Crippen LogP contribution in [0.15, 0.2) is 0 Å². The molecule has 126 valence electrons. The van der Waals surface area contributed by atoms with E-state index in [4.69, 9.17) is 9.47 Å². The lowest BCUT2D eigenvalue weighted by atomic mass is 9.76. The van der Waals surface area contributed by atoms with Crippen molar-refractivity contribution in [3.05, 3.63) is 0 Å². The number of hydrogen-bond donors (Lipinski definition) is 1. The van der Waals surface area contributed by atoms with Gasteiger partial charge >= 0.3 is 6.09 Å². The van der Waals surface area contributed by atoms with Gasteiger partial charge in [-0.05, 0) is 40.0 Å². The summed E-state index contributed by atoms with van der Waals surface area (Å²) in [5.41, 5.74) is -1.60. The first kappa shape index (κ1) is 17.1. The second-order valence-corrected chi connectivity index (χ2v) is 7.45. The Hall–Kier alpha value is -1.24. The standard InChI is InChI=1S/C15H23F2NO4/c1-13(2,3)22-12(20)18-10(11(19)14(4)8-21-14)5-9-6-15(16,17)7-9/h9-10H,5-8H2,1-4H3,(H,18,20)/t10-,14+/m0/s1. The van der Waals surface area contributed by atoms with Gasteiger partial charge in [-0.2, -0.15) is 0 Å². The molecule has 0 aromatic rings. The molecule has 0 spiro atoms. The fraction of sp³-hybridized carbons (Fsp3) is 0.867. The van der Waals surface area contributed by atoms with E-state index in [2.05, 4.69) is 5.32 Å². The molecule has 0 aromatic heterocycles. The molecule has 1 heterocycles. The third kappa shape index (κ3) is 4.38. The van der Waals surface area contributed by atoms with Gasteiger partial charge in [0, 0.05) is 12.8 Å². The second-order valence-electron chi connectivity index (χ2n) is 7.45. The fourth-order valence-corrected chi connectivity index (χ4v) is 2.59. The molecule has 22 heavy (non-hydrogen) atoms. The number of alkyl halides is 2. The highest BCUT2D eigenvalue weighted by Gasteiger charge is 2.52. The highest BCUT2D eigenvalue weighted by atomic mass is 19.3. The normalized spacial score (nSPS) is 28.5. The van der Waals surface area contributed by atoms with Gasteiger partial charge in [-0.3, -0.25) is 4.79 Å². The lowest BCUT2D eigenvalue weighted by molar-refractivity contribution is -0.131. The number of Topliss-reactive ketones (excluding diaryl/α,β-unsaturated/α-hetero) is 1. The van der Waals surface area contributed by atoms with Crippen LogP contribution < -0.4 is 5.32 Å². The van der Waals surface area contributed by atoms with Crippen LogP contribution >= 0.6 is 0 Å². The molecule has 1 aliphatic heterocycles. The van der Waals surface area contributed by atoms with Crippen LogP contribution in [0.5, 0.6) is 0 Å². The highest BCUT2D eigenvalue weighted by Crippen LogP contribution is 2.45. The minimum absolute atomic E-state index is 0.187. The van der Waals surface area contributed by atoms with E-state index in [1.807, 2.05) is 0 Å². The Morgan fingerprint density at radius 2 is 1.91 bits per heavy atom.